The molecule has 2 rings (SSSR count). The third kappa shape index (κ3) is 3.59. The van der Waals surface area contributed by atoms with Crippen LogP contribution >= 0.6 is 11.3 Å². The van der Waals surface area contributed by atoms with Crippen LogP contribution in [-0.4, -0.2) is 39.7 Å². The molecule has 1 aromatic rings. The van der Waals surface area contributed by atoms with Crippen molar-refractivity contribution in [2.45, 2.75) is 13.3 Å². The lowest BCUT2D eigenvalue weighted by Gasteiger charge is -2.15. The molecule has 6 nitrogen and oxygen atoms in total. The second kappa shape index (κ2) is 5.72. The second-order valence-corrected chi connectivity index (χ2v) is 7.49. The Labute approximate surface area is 125 Å². The molecule has 1 unspecified atom stereocenters. The average molecular weight is 335 g/mol. The highest BCUT2D eigenvalue weighted by Gasteiger charge is 2.36. The van der Waals surface area contributed by atoms with Crippen LogP contribution in [0.3, 0.4) is 0 Å². The van der Waals surface area contributed by atoms with E-state index in [9.17, 15) is 21.9 Å². The fourth-order valence-corrected chi connectivity index (χ4v) is 4.14. The Morgan fingerprint density at radius 1 is 1.57 bits per heavy atom. The summed E-state index contributed by atoms with van der Waals surface area (Å²) in [5.74, 6) is -2.19. The summed E-state index contributed by atoms with van der Waals surface area (Å²) >= 11 is 1.24. The number of anilines is 1. The van der Waals surface area contributed by atoms with Crippen molar-refractivity contribution in [3.63, 3.8) is 0 Å². The van der Waals surface area contributed by atoms with Gasteiger partial charge in [0.1, 0.15) is 5.00 Å². The fraction of sp³-hybridized carbons (Fsp3) is 0.500. The van der Waals surface area contributed by atoms with Crippen molar-refractivity contribution in [3.8, 4) is 0 Å². The summed E-state index contributed by atoms with van der Waals surface area (Å²) in [5.41, 5.74) is 0.261. The van der Waals surface area contributed by atoms with E-state index in [0.29, 0.717) is 5.00 Å². The van der Waals surface area contributed by atoms with Gasteiger partial charge in [-0.1, -0.05) is 0 Å². The number of carbonyl (C=O) groups excluding carboxylic acids is 2. The summed E-state index contributed by atoms with van der Waals surface area (Å²) in [5, 5.41) is 0.420. The SMILES string of the molecule is COC(=O)c1cc(C)sc1N1CC(CS(=O)(=O)F)CC1=O. The molecule has 0 N–H and O–H groups in total. The second-order valence-electron chi connectivity index (χ2n) is 4.85. The molecule has 1 fully saturated rings. The van der Waals surface area contributed by atoms with E-state index in [0.717, 1.165) is 4.88 Å². The molecule has 0 bridgehead atoms. The largest absolute Gasteiger partial charge is 0.465 e. The van der Waals surface area contributed by atoms with Crippen LogP contribution in [0.5, 0.6) is 0 Å². The predicted octanol–water partition coefficient (Wildman–Crippen LogP) is 1.50. The molecule has 21 heavy (non-hydrogen) atoms. The number of ether oxygens (including phenoxy) is 1. The van der Waals surface area contributed by atoms with Crippen LogP contribution in [0.1, 0.15) is 21.7 Å². The maximum Gasteiger partial charge on any atom is 0.340 e. The van der Waals surface area contributed by atoms with E-state index < -0.39 is 27.9 Å². The lowest BCUT2D eigenvalue weighted by molar-refractivity contribution is -0.117. The third-order valence-corrected chi connectivity index (χ3v) is 5.07. The van der Waals surface area contributed by atoms with E-state index in [1.165, 1.54) is 23.3 Å². The van der Waals surface area contributed by atoms with Crippen molar-refractivity contribution >= 4 is 38.4 Å². The van der Waals surface area contributed by atoms with Gasteiger partial charge in [-0.3, -0.25) is 4.79 Å². The number of aryl methyl sites for hydroxylation is 1. The summed E-state index contributed by atoms with van der Waals surface area (Å²) in [7, 11) is -3.39. The highest BCUT2D eigenvalue weighted by Crippen LogP contribution is 2.36. The van der Waals surface area contributed by atoms with Gasteiger partial charge >= 0.3 is 16.2 Å². The molecular formula is C12H14FNO5S2. The van der Waals surface area contributed by atoms with Crippen molar-refractivity contribution in [3.05, 3.63) is 16.5 Å². The number of esters is 1. The quantitative estimate of drug-likeness (QED) is 0.615. The Morgan fingerprint density at radius 3 is 2.81 bits per heavy atom. The zero-order chi connectivity index (χ0) is 15.8. The molecule has 9 heteroatoms. The Hall–Kier alpha value is -1.48. The first-order valence-electron chi connectivity index (χ1n) is 6.12. The highest BCUT2D eigenvalue weighted by atomic mass is 32.3. The third-order valence-electron chi connectivity index (χ3n) is 3.13. The molecule has 116 valence electrons. The molecule has 0 saturated carbocycles. The number of hydrogen-bond donors (Lipinski definition) is 0. The number of amides is 1. The van der Waals surface area contributed by atoms with Crippen LogP contribution in [0.15, 0.2) is 6.07 Å². The summed E-state index contributed by atoms with van der Waals surface area (Å²) in [4.78, 5) is 25.9. The normalized spacial score (nSPS) is 19.1. The minimum Gasteiger partial charge on any atom is -0.465 e. The number of halogens is 1. The molecule has 2 heterocycles. The molecule has 1 aliphatic heterocycles. The highest BCUT2D eigenvalue weighted by molar-refractivity contribution is 7.86. The Kier molecular flexibility index (Phi) is 4.33. The van der Waals surface area contributed by atoms with E-state index >= 15 is 0 Å². The zero-order valence-corrected chi connectivity index (χ0v) is 13.1. The number of methoxy groups -OCH3 is 1. The van der Waals surface area contributed by atoms with Crippen LogP contribution in [0.25, 0.3) is 0 Å². The Morgan fingerprint density at radius 2 is 2.24 bits per heavy atom. The minimum atomic E-state index is -4.63. The monoisotopic (exact) mass is 335 g/mol. The van der Waals surface area contributed by atoms with Gasteiger partial charge < -0.3 is 9.64 Å². The minimum absolute atomic E-state index is 0.0549. The molecule has 1 amide bonds. The van der Waals surface area contributed by atoms with Crippen LogP contribution < -0.4 is 4.90 Å². The van der Waals surface area contributed by atoms with Gasteiger partial charge in [0.05, 0.1) is 18.4 Å². The van der Waals surface area contributed by atoms with E-state index in [4.69, 9.17) is 0 Å². The molecule has 1 atom stereocenters. The number of hydrogen-bond acceptors (Lipinski definition) is 6. The van der Waals surface area contributed by atoms with Gasteiger partial charge in [-0.15, -0.1) is 15.2 Å². The van der Waals surface area contributed by atoms with Gasteiger partial charge in [0.25, 0.3) is 0 Å². The summed E-state index contributed by atoms with van der Waals surface area (Å²) in [6.07, 6.45) is -0.0549. The predicted molar refractivity (Wildman–Crippen MR) is 75.8 cm³/mol. The maximum absolute atomic E-state index is 12.7. The maximum atomic E-state index is 12.7. The van der Waals surface area contributed by atoms with E-state index in [1.54, 1.807) is 13.0 Å². The Balaban J connectivity index is 2.27. The number of rotatable bonds is 4. The van der Waals surface area contributed by atoms with Crippen LogP contribution in [0.2, 0.25) is 0 Å². The topological polar surface area (TPSA) is 80.8 Å². The van der Waals surface area contributed by atoms with E-state index in [1.807, 2.05) is 0 Å². The molecule has 0 aliphatic carbocycles. The molecule has 0 aromatic carbocycles. The Bertz CT molecular complexity index is 682. The zero-order valence-electron chi connectivity index (χ0n) is 11.5. The first kappa shape index (κ1) is 15.9. The lowest BCUT2D eigenvalue weighted by atomic mass is 10.1. The molecule has 1 aliphatic rings. The smallest absolute Gasteiger partial charge is 0.340 e. The number of carbonyl (C=O) groups is 2. The van der Waals surface area contributed by atoms with Gasteiger partial charge in [0, 0.05) is 23.8 Å². The van der Waals surface area contributed by atoms with Crippen LogP contribution in [-0.2, 0) is 19.8 Å². The lowest BCUT2D eigenvalue weighted by Crippen LogP contribution is -2.26. The van der Waals surface area contributed by atoms with Crippen molar-refractivity contribution in [2.24, 2.45) is 5.92 Å². The van der Waals surface area contributed by atoms with Crippen LogP contribution in [0, 0.1) is 12.8 Å². The molecule has 0 spiro atoms. The molecular weight excluding hydrogens is 321 g/mol. The molecule has 1 aromatic heterocycles. The molecule has 0 radical (unpaired) electrons. The van der Waals surface area contributed by atoms with Gasteiger partial charge in [-0.2, -0.15) is 8.42 Å². The first-order valence-corrected chi connectivity index (χ1v) is 8.49. The van der Waals surface area contributed by atoms with Gasteiger partial charge in [-0.25, -0.2) is 4.79 Å². The van der Waals surface area contributed by atoms with Crippen molar-refractivity contribution in [2.75, 3.05) is 24.3 Å². The van der Waals surface area contributed by atoms with Crippen molar-refractivity contribution in [1.82, 2.24) is 0 Å². The summed E-state index contributed by atoms with van der Waals surface area (Å²) in [6, 6.07) is 1.61. The van der Waals surface area contributed by atoms with Gasteiger partial charge in [0.2, 0.25) is 5.91 Å². The van der Waals surface area contributed by atoms with E-state index in [2.05, 4.69) is 4.74 Å². The van der Waals surface area contributed by atoms with Gasteiger partial charge in [0.15, 0.2) is 0 Å². The van der Waals surface area contributed by atoms with Gasteiger partial charge in [-0.05, 0) is 13.0 Å². The first-order chi connectivity index (χ1) is 9.71. The van der Waals surface area contributed by atoms with Crippen LogP contribution in [0.4, 0.5) is 8.89 Å². The fourth-order valence-electron chi connectivity index (χ4n) is 2.33. The van der Waals surface area contributed by atoms with Crippen molar-refractivity contribution in [1.29, 1.82) is 0 Å². The standard InChI is InChI=1S/C12H14FNO5S2/c1-7-3-9(12(16)19-2)11(20-7)14-5-8(4-10(14)15)6-21(13,17)18/h3,8H,4-6H2,1-2H3. The summed E-state index contributed by atoms with van der Waals surface area (Å²) in [6.45, 7) is 1.86. The molecule has 1 saturated heterocycles. The number of thiophene rings is 1. The number of nitrogens with zero attached hydrogens (tertiary/aromatic N) is 1. The average Bonchev–Trinajstić information content (AvgIpc) is 2.89. The summed E-state index contributed by atoms with van der Waals surface area (Å²) < 4.78 is 38.8. The van der Waals surface area contributed by atoms with E-state index in [-0.39, 0.29) is 24.4 Å². The van der Waals surface area contributed by atoms with Crippen molar-refractivity contribution < 1.29 is 26.6 Å².